The Kier molecular flexibility index (Phi) is 6.87. The molecule has 28 heavy (non-hydrogen) atoms. The van der Waals surface area contributed by atoms with Crippen molar-refractivity contribution in [2.75, 3.05) is 32.2 Å². The average molecular weight is 428 g/mol. The summed E-state index contributed by atoms with van der Waals surface area (Å²) in [4.78, 5) is 23.5. The molecule has 0 amide bonds. The van der Waals surface area contributed by atoms with Gasteiger partial charge in [0, 0.05) is 0 Å². The van der Waals surface area contributed by atoms with Gasteiger partial charge in [-0.15, -0.1) is 0 Å². The van der Waals surface area contributed by atoms with Crippen molar-refractivity contribution < 1.29 is 32.2 Å². The van der Waals surface area contributed by atoms with Crippen molar-refractivity contribution in [1.82, 2.24) is 0 Å². The highest BCUT2D eigenvalue weighted by Gasteiger charge is 2.29. The first kappa shape index (κ1) is 21.5. The molecule has 0 heterocycles. The molecule has 0 unspecified atom stereocenters. The number of hydrogen-bond donors (Lipinski definition) is 0. The van der Waals surface area contributed by atoms with E-state index in [-0.39, 0.29) is 21.2 Å². The van der Waals surface area contributed by atoms with Crippen LogP contribution in [-0.2, 0) is 24.3 Å². The van der Waals surface area contributed by atoms with Crippen LogP contribution < -0.4 is 9.04 Å². The molecule has 0 aromatic heterocycles. The van der Waals surface area contributed by atoms with Crippen LogP contribution >= 0.6 is 11.6 Å². The van der Waals surface area contributed by atoms with Gasteiger partial charge in [-0.3, -0.25) is 9.10 Å². The molecule has 0 aliphatic rings. The molecule has 0 bridgehead atoms. The van der Waals surface area contributed by atoms with Crippen LogP contribution in [0.3, 0.4) is 0 Å². The number of ether oxygens (including phenoxy) is 3. The highest BCUT2D eigenvalue weighted by molar-refractivity contribution is 7.92. The zero-order valence-electron chi connectivity index (χ0n) is 15.3. The smallest absolute Gasteiger partial charge is 0.337 e. The van der Waals surface area contributed by atoms with Gasteiger partial charge in [0.1, 0.15) is 12.3 Å². The van der Waals surface area contributed by atoms with Crippen molar-refractivity contribution in [2.45, 2.75) is 4.90 Å². The highest BCUT2D eigenvalue weighted by atomic mass is 35.5. The summed E-state index contributed by atoms with van der Waals surface area (Å²) in [5.74, 6) is -1.13. The summed E-state index contributed by atoms with van der Waals surface area (Å²) in [6, 6.07) is 9.59. The SMILES string of the molecule is COC(=O)CN(c1cccc(C(=O)OC)c1)S(=O)(=O)c1ccc(OC)c(Cl)c1. The van der Waals surface area contributed by atoms with Crippen LogP contribution in [0.15, 0.2) is 47.4 Å². The second-order valence-electron chi connectivity index (χ2n) is 5.43. The van der Waals surface area contributed by atoms with Gasteiger partial charge in [0.2, 0.25) is 0 Å². The lowest BCUT2D eigenvalue weighted by Gasteiger charge is -2.24. The first-order chi connectivity index (χ1) is 13.2. The maximum atomic E-state index is 13.2. The number of hydrogen-bond acceptors (Lipinski definition) is 7. The average Bonchev–Trinajstić information content (AvgIpc) is 2.70. The second kappa shape index (κ2) is 8.94. The fourth-order valence-corrected chi connectivity index (χ4v) is 4.09. The molecular formula is C18H18ClNO7S. The van der Waals surface area contributed by atoms with E-state index in [4.69, 9.17) is 16.3 Å². The molecule has 150 valence electrons. The van der Waals surface area contributed by atoms with Crippen LogP contribution in [0.5, 0.6) is 5.75 Å². The highest BCUT2D eigenvalue weighted by Crippen LogP contribution is 2.30. The van der Waals surface area contributed by atoms with E-state index < -0.39 is 28.5 Å². The summed E-state index contributed by atoms with van der Waals surface area (Å²) < 4.78 is 41.5. The minimum absolute atomic E-state index is 0.0836. The Morgan fingerprint density at radius 2 is 1.75 bits per heavy atom. The standard InChI is InChI=1S/C18H18ClNO7S/c1-25-16-8-7-14(10-15(16)19)28(23,24)20(11-17(21)26-2)13-6-4-5-12(9-13)18(22)27-3/h4-10H,11H2,1-3H3. The Balaban J connectivity index is 2.58. The van der Waals surface area contributed by atoms with E-state index in [0.717, 1.165) is 11.4 Å². The molecule has 2 rings (SSSR count). The molecule has 0 aliphatic heterocycles. The maximum absolute atomic E-state index is 13.2. The first-order valence-electron chi connectivity index (χ1n) is 7.86. The number of sulfonamides is 1. The Labute approximate surface area is 167 Å². The number of esters is 2. The molecule has 0 N–H and O–H groups in total. The third kappa shape index (κ3) is 4.55. The zero-order chi connectivity index (χ0) is 20.9. The van der Waals surface area contributed by atoms with E-state index in [1.807, 2.05) is 0 Å². The van der Waals surface area contributed by atoms with Crippen molar-refractivity contribution >= 4 is 39.3 Å². The summed E-state index contributed by atoms with van der Waals surface area (Å²) in [6.45, 7) is -0.604. The first-order valence-corrected chi connectivity index (χ1v) is 9.68. The number of halogens is 1. The van der Waals surface area contributed by atoms with Crippen molar-refractivity contribution in [1.29, 1.82) is 0 Å². The molecule has 0 radical (unpaired) electrons. The number of nitrogens with zero attached hydrogens (tertiary/aromatic N) is 1. The molecular weight excluding hydrogens is 410 g/mol. The normalized spacial score (nSPS) is 10.9. The van der Waals surface area contributed by atoms with Gasteiger partial charge in [-0.1, -0.05) is 17.7 Å². The van der Waals surface area contributed by atoms with E-state index in [0.29, 0.717) is 5.75 Å². The summed E-state index contributed by atoms with van der Waals surface area (Å²) >= 11 is 6.04. The number of carbonyl (C=O) groups is 2. The molecule has 0 saturated heterocycles. The molecule has 8 nitrogen and oxygen atoms in total. The van der Waals surface area contributed by atoms with Gasteiger partial charge >= 0.3 is 11.9 Å². The van der Waals surface area contributed by atoms with Crippen molar-refractivity contribution in [2.24, 2.45) is 0 Å². The lowest BCUT2D eigenvalue weighted by molar-refractivity contribution is -0.138. The minimum Gasteiger partial charge on any atom is -0.495 e. The number of carbonyl (C=O) groups excluding carboxylic acids is 2. The topological polar surface area (TPSA) is 99.2 Å². The van der Waals surface area contributed by atoms with Crippen LogP contribution in [0.2, 0.25) is 5.02 Å². The molecule has 0 saturated carbocycles. The summed E-state index contributed by atoms with van der Waals surface area (Å²) in [5, 5.41) is 0.0879. The van der Waals surface area contributed by atoms with Gasteiger partial charge in [0.25, 0.3) is 10.0 Å². The number of methoxy groups -OCH3 is 3. The summed E-state index contributed by atoms with van der Waals surface area (Å²) in [7, 11) is -0.469. The molecule has 0 atom stereocenters. The Hall–Kier alpha value is -2.78. The molecule has 10 heteroatoms. The minimum atomic E-state index is -4.22. The molecule has 0 spiro atoms. The van der Waals surface area contributed by atoms with Gasteiger partial charge < -0.3 is 14.2 Å². The van der Waals surface area contributed by atoms with Gasteiger partial charge in [-0.25, -0.2) is 13.2 Å². The third-order valence-electron chi connectivity index (χ3n) is 3.77. The van der Waals surface area contributed by atoms with Crippen LogP contribution in [0.25, 0.3) is 0 Å². The number of rotatable bonds is 7. The maximum Gasteiger partial charge on any atom is 0.337 e. The predicted molar refractivity (Wildman–Crippen MR) is 102 cm³/mol. The summed E-state index contributed by atoms with van der Waals surface area (Å²) in [5.41, 5.74) is 0.207. The lowest BCUT2D eigenvalue weighted by atomic mass is 10.2. The molecule has 2 aromatic rings. The molecule has 0 fully saturated rings. The Morgan fingerprint density at radius 1 is 1.04 bits per heavy atom. The van der Waals surface area contributed by atoms with Gasteiger partial charge in [-0.05, 0) is 36.4 Å². The Morgan fingerprint density at radius 3 is 2.32 bits per heavy atom. The van der Waals surface area contributed by atoms with E-state index in [9.17, 15) is 18.0 Å². The third-order valence-corrected chi connectivity index (χ3v) is 5.83. The van der Waals surface area contributed by atoms with Crippen LogP contribution in [0, 0.1) is 0 Å². The molecule has 0 aliphatic carbocycles. The zero-order valence-corrected chi connectivity index (χ0v) is 16.9. The summed E-state index contributed by atoms with van der Waals surface area (Å²) in [6.07, 6.45) is 0. The predicted octanol–water partition coefficient (Wildman–Crippen LogP) is 2.50. The molecule has 2 aromatic carbocycles. The fourth-order valence-electron chi connectivity index (χ4n) is 2.34. The van der Waals surface area contributed by atoms with Crippen molar-refractivity contribution in [3.63, 3.8) is 0 Å². The van der Waals surface area contributed by atoms with Crippen LogP contribution in [0.4, 0.5) is 5.69 Å². The van der Waals surface area contributed by atoms with Gasteiger partial charge in [-0.2, -0.15) is 0 Å². The fraction of sp³-hybridized carbons (Fsp3) is 0.222. The second-order valence-corrected chi connectivity index (χ2v) is 7.70. The quantitative estimate of drug-likeness (QED) is 0.626. The number of anilines is 1. The van der Waals surface area contributed by atoms with E-state index in [1.165, 1.54) is 56.7 Å². The van der Waals surface area contributed by atoms with Gasteiger partial charge in [0.05, 0.1) is 42.5 Å². The van der Waals surface area contributed by atoms with E-state index in [2.05, 4.69) is 9.47 Å². The van der Waals surface area contributed by atoms with Crippen LogP contribution in [0.1, 0.15) is 10.4 Å². The van der Waals surface area contributed by atoms with E-state index in [1.54, 1.807) is 0 Å². The lowest BCUT2D eigenvalue weighted by Crippen LogP contribution is -2.36. The van der Waals surface area contributed by atoms with Crippen molar-refractivity contribution in [3.05, 3.63) is 53.1 Å². The largest absolute Gasteiger partial charge is 0.495 e. The monoisotopic (exact) mass is 427 g/mol. The number of benzene rings is 2. The van der Waals surface area contributed by atoms with E-state index >= 15 is 0 Å². The Bertz CT molecular complexity index is 991. The van der Waals surface area contributed by atoms with Crippen LogP contribution in [-0.4, -0.2) is 48.2 Å². The van der Waals surface area contributed by atoms with Crippen molar-refractivity contribution in [3.8, 4) is 5.75 Å². The van der Waals surface area contributed by atoms with Gasteiger partial charge in [0.15, 0.2) is 0 Å².